The molecule has 1 aliphatic heterocycles. The Labute approximate surface area is 136 Å². The number of hydrogen-bond acceptors (Lipinski definition) is 4. The first-order valence-electron chi connectivity index (χ1n) is 8.33. The van der Waals surface area contributed by atoms with E-state index in [0.29, 0.717) is 5.69 Å². The van der Waals surface area contributed by atoms with Crippen LogP contribution in [-0.4, -0.2) is 29.1 Å². The minimum absolute atomic E-state index is 0.223. The lowest BCUT2D eigenvalue weighted by Crippen LogP contribution is -2.29. The van der Waals surface area contributed by atoms with Gasteiger partial charge in [0.05, 0.1) is 0 Å². The number of para-hydroxylation sites is 1. The van der Waals surface area contributed by atoms with Crippen LogP contribution >= 0.6 is 0 Å². The molecule has 5 heteroatoms. The van der Waals surface area contributed by atoms with E-state index in [1.54, 1.807) is 6.07 Å². The highest BCUT2D eigenvalue weighted by Crippen LogP contribution is 2.20. The van der Waals surface area contributed by atoms with Gasteiger partial charge in [0.1, 0.15) is 5.76 Å². The Bertz CT molecular complexity index is 660. The predicted molar refractivity (Wildman–Crippen MR) is 89.4 cm³/mol. The van der Waals surface area contributed by atoms with Gasteiger partial charge in [0.15, 0.2) is 5.69 Å². The number of aromatic nitrogens is 1. The molecule has 1 aromatic heterocycles. The highest BCUT2D eigenvalue weighted by Gasteiger charge is 2.16. The predicted octanol–water partition coefficient (Wildman–Crippen LogP) is 3.48. The van der Waals surface area contributed by atoms with Crippen molar-refractivity contribution in [2.45, 2.75) is 39.2 Å². The molecule has 2 aromatic rings. The first-order valence-corrected chi connectivity index (χ1v) is 8.33. The van der Waals surface area contributed by atoms with Gasteiger partial charge >= 0.3 is 0 Å². The number of carbonyl (C=O) groups excluding carboxylic acids is 1. The third-order valence-electron chi connectivity index (χ3n) is 4.25. The van der Waals surface area contributed by atoms with E-state index in [4.69, 9.17) is 4.52 Å². The number of anilines is 1. The van der Waals surface area contributed by atoms with Crippen LogP contribution in [0.15, 0.2) is 34.9 Å². The van der Waals surface area contributed by atoms with E-state index in [1.165, 1.54) is 19.3 Å². The summed E-state index contributed by atoms with van der Waals surface area (Å²) in [6.07, 6.45) is 4.56. The first-order chi connectivity index (χ1) is 11.3. The summed E-state index contributed by atoms with van der Waals surface area (Å²) >= 11 is 0. The molecule has 0 radical (unpaired) electrons. The average molecular weight is 313 g/mol. The number of nitrogens with one attached hydrogen (secondary N) is 1. The Morgan fingerprint density at radius 3 is 2.78 bits per heavy atom. The molecular formula is C18H23N3O2. The molecule has 1 amide bonds. The van der Waals surface area contributed by atoms with Gasteiger partial charge in [-0.3, -0.25) is 9.69 Å². The average Bonchev–Trinajstić information content (AvgIpc) is 3.07. The second kappa shape index (κ2) is 7.42. The molecule has 0 atom stereocenters. The van der Waals surface area contributed by atoms with Gasteiger partial charge in [0.25, 0.3) is 5.91 Å². The van der Waals surface area contributed by atoms with Gasteiger partial charge in [-0.25, -0.2) is 0 Å². The molecule has 5 nitrogen and oxygen atoms in total. The SMILES string of the molecule is CCc1cc(C(=O)Nc2ccccc2CN2CCCCC2)no1. The van der Waals surface area contributed by atoms with Gasteiger partial charge in [-0.05, 0) is 37.6 Å². The summed E-state index contributed by atoms with van der Waals surface area (Å²) in [7, 11) is 0. The van der Waals surface area contributed by atoms with E-state index in [2.05, 4.69) is 21.4 Å². The third-order valence-corrected chi connectivity index (χ3v) is 4.25. The van der Waals surface area contributed by atoms with Crippen LogP contribution in [0.1, 0.15) is 48.0 Å². The van der Waals surface area contributed by atoms with Gasteiger partial charge < -0.3 is 9.84 Å². The molecule has 1 aromatic carbocycles. The fourth-order valence-electron chi connectivity index (χ4n) is 2.91. The molecule has 1 fully saturated rings. The summed E-state index contributed by atoms with van der Waals surface area (Å²) < 4.78 is 5.11. The lowest BCUT2D eigenvalue weighted by atomic mass is 10.1. The molecule has 1 aliphatic rings. The van der Waals surface area contributed by atoms with Crippen molar-refractivity contribution in [1.29, 1.82) is 0 Å². The summed E-state index contributed by atoms with van der Waals surface area (Å²) in [4.78, 5) is 14.8. The molecule has 0 bridgehead atoms. The van der Waals surface area contributed by atoms with Crippen LogP contribution in [0.5, 0.6) is 0 Å². The number of amides is 1. The Kier molecular flexibility index (Phi) is 5.08. The summed E-state index contributed by atoms with van der Waals surface area (Å²) in [5, 5.41) is 6.80. The van der Waals surface area contributed by atoms with Gasteiger partial charge in [-0.2, -0.15) is 0 Å². The zero-order valence-electron chi connectivity index (χ0n) is 13.5. The fraction of sp³-hybridized carbons (Fsp3) is 0.444. The number of hydrogen-bond donors (Lipinski definition) is 1. The van der Waals surface area contributed by atoms with Crippen molar-refractivity contribution in [2.24, 2.45) is 0 Å². The zero-order chi connectivity index (χ0) is 16.1. The maximum Gasteiger partial charge on any atom is 0.277 e. The summed E-state index contributed by atoms with van der Waals surface area (Å²) in [5.74, 6) is 0.497. The number of nitrogens with zero attached hydrogens (tertiary/aromatic N) is 2. The monoisotopic (exact) mass is 313 g/mol. The van der Waals surface area contributed by atoms with Crippen molar-refractivity contribution in [1.82, 2.24) is 10.1 Å². The molecule has 0 saturated carbocycles. The van der Waals surface area contributed by atoms with Crippen LogP contribution in [0.25, 0.3) is 0 Å². The Morgan fingerprint density at radius 2 is 2.04 bits per heavy atom. The van der Waals surface area contributed by atoms with E-state index in [0.717, 1.165) is 43.1 Å². The zero-order valence-corrected chi connectivity index (χ0v) is 13.5. The number of aryl methyl sites for hydroxylation is 1. The first kappa shape index (κ1) is 15.7. The lowest BCUT2D eigenvalue weighted by Gasteiger charge is -2.27. The van der Waals surface area contributed by atoms with Crippen molar-refractivity contribution in [2.75, 3.05) is 18.4 Å². The van der Waals surface area contributed by atoms with Gasteiger partial charge in [0, 0.05) is 24.7 Å². The Hall–Kier alpha value is -2.14. The second-order valence-corrected chi connectivity index (χ2v) is 5.98. The molecule has 3 rings (SSSR count). The van der Waals surface area contributed by atoms with E-state index < -0.39 is 0 Å². The van der Waals surface area contributed by atoms with Crippen molar-refractivity contribution in [3.8, 4) is 0 Å². The van der Waals surface area contributed by atoms with E-state index >= 15 is 0 Å². The number of carbonyl (C=O) groups is 1. The van der Waals surface area contributed by atoms with Gasteiger partial charge in [-0.15, -0.1) is 0 Å². The standard InChI is InChI=1S/C18H23N3O2/c1-2-15-12-17(20-23-15)18(22)19-16-9-5-4-8-14(16)13-21-10-6-3-7-11-21/h4-5,8-9,12H,2-3,6-7,10-11,13H2,1H3,(H,19,22). The highest BCUT2D eigenvalue weighted by molar-refractivity contribution is 6.03. The number of piperidine rings is 1. The third kappa shape index (κ3) is 3.99. The Balaban J connectivity index is 1.70. The summed E-state index contributed by atoms with van der Waals surface area (Å²) in [5.41, 5.74) is 2.32. The van der Waals surface area contributed by atoms with Crippen molar-refractivity contribution < 1.29 is 9.32 Å². The number of rotatable bonds is 5. The van der Waals surface area contributed by atoms with E-state index in [-0.39, 0.29) is 5.91 Å². The molecule has 122 valence electrons. The van der Waals surface area contributed by atoms with Crippen LogP contribution in [0.2, 0.25) is 0 Å². The summed E-state index contributed by atoms with van der Waals surface area (Å²) in [6, 6.07) is 9.67. The molecular weight excluding hydrogens is 290 g/mol. The van der Waals surface area contributed by atoms with Crippen molar-refractivity contribution >= 4 is 11.6 Å². The lowest BCUT2D eigenvalue weighted by molar-refractivity contribution is 0.101. The quantitative estimate of drug-likeness (QED) is 0.918. The molecule has 0 aliphatic carbocycles. The second-order valence-electron chi connectivity index (χ2n) is 5.98. The molecule has 2 heterocycles. The molecule has 0 spiro atoms. The maximum atomic E-state index is 12.3. The maximum absolute atomic E-state index is 12.3. The summed E-state index contributed by atoms with van der Waals surface area (Å²) in [6.45, 7) is 5.10. The normalized spacial score (nSPS) is 15.5. The molecule has 0 unspecified atom stereocenters. The molecule has 23 heavy (non-hydrogen) atoms. The number of benzene rings is 1. The van der Waals surface area contributed by atoms with E-state index in [9.17, 15) is 4.79 Å². The van der Waals surface area contributed by atoms with Crippen LogP contribution in [0.3, 0.4) is 0 Å². The van der Waals surface area contributed by atoms with Crippen LogP contribution in [-0.2, 0) is 13.0 Å². The van der Waals surface area contributed by atoms with Crippen LogP contribution in [0, 0.1) is 0 Å². The van der Waals surface area contributed by atoms with E-state index in [1.807, 2.05) is 25.1 Å². The smallest absolute Gasteiger partial charge is 0.277 e. The van der Waals surface area contributed by atoms with Crippen LogP contribution < -0.4 is 5.32 Å². The minimum Gasteiger partial charge on any atom is -0.361 e. The minimum atomic E-state index is -0.223. The molecule has 1 saturated heterocycles. The van der Waals surface area contributed by atoms with Crippen molar-refractivity contribution in [3.63, 3.8) is 0 Å². The Morgan fingerprint density at radius 1 is 1.26 bits per heavy atom. The fourth-order valence-corrected chi connectivity index (χ4v) is 2.91. The molecule has 1 N–H and O–H groups in total. The van der Waals surface area contributed by atoms with Crippen LogP contribution in [0.4, 0.5) is 5.69 Å². The highest BCUT2D eigenvalue weighted by atomic mass is 16.5. The topological polar surface area (TPSA) is 58.4 Å². The largest absolute Gasteiger partial charge is 0.361 e. The number of likely N-dealkylation sites (tertiary alicyclic amines) is 1. The van der Waals surface area contributed by atoms with Crippen molar-refractivity contribution in [3.05, 3.63) is 47.3 Å². The van der Waals surface area contributed by atoms with Gasteiger partial charge in [-0.1, -0.05) is 36.7 Å². The van der Waals surface area contributed by atoms with Gasteiger partial charge in [0.2, 0.25) is 0 Å².